The summed E-state index contributed by atoms with van der Waals surface area (Å²) in [6, 6.07) is 8.60. The zero-order valence-corrected chi connectivity index (χ0v) is 16.4. The zero-order valence-electron chi connectivity index (χ0n) is 16.4. The van der Waals surface area contributed by atoms with E-state index >= 15 is 0 Å². The van der Waals surface area contributed by atoms with E-state index in [0.717, 1.165) is 48.9 Å². The van der Waals surface area contributed by atoms with Crippen LogP contribution in [-0.2, 0) is 16.0 Å². The first-order chi connectivity index (χ1) is 13.7. The maximum absolute atomic E-state index is 12.8. The number of morpholine rings is 1. The minimum absolute atomic E-state index is 0.0687. The van der Waals surface area contributed by atoms with E-state index < -0.39 is 0 Å². The van der Waals surface area contributed by atoms with Crippen LogP contribution in [0.3, 0.4) is 0 Å². The van der Waals surface area contributed by atoms with Crippen molar-refractivity contribution < 1.29 is 9.53 Å². The largest absolute Gasteiger partial charge is 0.378 e. The van der Waals surface area contributed by atoms with Crippen LogP contribution in [0, 0.1) is 17.2 Å². The summed E-state index contributed by atoms with van der Waals surface area (Å²) < 4.78 is 5.36. The van der Waals surface area contributed by atoms with Gasteiger partial charge in [-0.3, -0.25) is 9.78 Å². The molecular formula is C22H26N4O2. The molecule has 1 aromatic heterocycles. The summed E-state index contributed by atoms with van der Waals surface area (Å²) in [4.78, 5) is 21.5. The number of aromatic nitrogens is 1. The summed E-state index contributed by atoms with van der Waals surface area (Å²) in [7, 11) is 0. The van der Waals surface area contributed by atoms with Gasteiger partial charge in [0.1, 0.15) is 6.07 Å². The van der Waals surface area contributed by atoms with Gasteiger partial charge < -0.3 is 14.5 Å². The molecule has 0 saturated carbocycles. The van der Waals surface area contributed by atoms with E-state index in [1.807, 2.05) is 11.0 Å². The molecule has 0 radical (unpaired) electrons. The van der Waals surface area contributed by atoms with Crippen LogP contribution in [0.25, 0.3) is 10.9 Å². The number of ether oxygens (including phenoxy) is 1. The van der Waals surface area contributed by atoms with E-state index in [9.17, 15) is 10.1 Å². The van der Waals surface area contributed by atoms with Gasteiger partial charge in [-0.05, 0) is 37.0 Å². The van der Waals surface area contributed by atoms with Crippen molar-refractivity contribution in [1.82, 2.24) is 9.88 Å². The average Bonchev–Trinajstić information content (AvgIpc) is 2.78. The van der Waals surface area contributed by atoms with Crippen molar-refractivity contribution in [2.75, 3.05) is 44.3 Å². The molecule has 6 heteroatoms. The van der Waals surface area contributed by atoms with E-state index in [-0.39, 0.29) is 11.8 Å². The number of rotatable bonds is 3. The Balaban J connectivity index is 1.56. The minimum atomic E-state index is 0.0687. The van der Waals surface area contributed by atoms with Crippen LogP contribution >= 0.6 is 0 Å². The Hall–Kier alpha value is -2.65. The van der Waals surface area contributed by atoms with Crippen LogP contribution in [0.2, 0.25) is 0 Å². The third-order valence-electron chi connectivity index (χ3n) is 5.92. The Labute approximate surface area is 165 Å². The van der Waals surface area contributed by atoms with Crippen LogP contribution < -0.4 is 4.90 Å². The van der Waals surface area contributed by atoms with Crippen molar-refractivity contribution in [2.45, 2.75) is 26.2 Å². The van der Waals surface area contributed by atoms with E-state index in [0.29, 0.717) is 31.9 Å². The number of anilines is 1. The van der Waals surface area contributed by atoms with Crippen LogP contribution in [0.5, 0.6) is 0 Å². The summed E-state index contributed by atoms with van der Waals surface area (Å²) in [5, 5.41) is 10.7. The number of nitriles is 1. The van der Waals surface area contributed by atoms with Crippen molar-refractivity contribution in [1.29, 1.82) is 5.26 Å². The third-order valence-corrected chi connectivity index (χ3v) is 5.92. The molecule has 0 N–H and O–H groups in total. The first kappa shape index (κ1) is 18.7. The number of nitrogens with zero attached hydrogens (tertiary/aromatic N) is 4. The number of carbonyl (C=O) groups excluding carboxylic acids is 1. The molecule has 2 aliphatic heterocycles. The number of piperidine rings is 1. The molecule has 0 spiro atoms. The molecule has 4 rings (SSSR count). The van der Waals surface area contributed by atoms with Crippen LogP contribution in [0.4, 0.5) is 5.69 Å². The monoisotopic (exact) mass is 378 g/mol. The zero-order chi connectivity index (χ0) is 19.5. The summed E-state index contributed by atoms with van der Waals surface area (Å²) >= 11 is 0. The first-order valence-electron chi connectivity index (χ1n) is 10.1. The molecule has 2 aromatic rings. The van der Waals surface area contributed by atoms with Crippen LogP contribution in [0.15, 0.2) is 24.4 Å². The number of hydrogen-bond acceptors (Lipinski definition) is 5. The molecule has 0 atom stereocenters. The normalized spacial score (nSPS) is 18.3. The molecule has 3 heterocycles. The average molecular weight is 378 g/mol. The topological polar surface area (TPSA) is 69.5 Å². The number of fused-ring (bicyclic) bond motifs is 1. The summed E-state index contributed by atoms with van der Waals surface area (Å²) in [5.74, 6) is 0.329. The van der Waals surface area contributed by atoms with Crippen molar-refractivity contribution in [3.05, 3.63) is 35.5 Å². The number of hydrogen-bond donors (Lipinski definition) is 0. The molecule has 0 aliphatic carbocycles. The van der Waals surface area contributed by atoms with Crippen LogP contribution in [-0.4, -0.2) is 55.2 Å². The quantitative estimate of drug-likeness (QED) is 0.821. The number of aryl methyl sites for hydroxylation is 1. The molecule has 0 bridgehead atoms. The van der Waals surface area contributed by atoms with Gasteiger partial charge in [-0.15, -0.1) is 0 Å². The second kappa shape index (κ2) is 8.15. The van der Waals surface area contributed by atoms with Gasteiger partial charge in [-0.2, -0.15) is 5.26 Å². The van der Waals surface area contributed by atoms with E-state index in [4.69, 9.17) is 4.74 Å². The lowest BCUT2D eigenvalue weighted by molar-refractivity contribution is -0.140. The summed E-state index contributed by atoms with van der Waals surface area (Å²) in [5.41, 5.74) is 3.74. The number of pyridine rings is 1. The molecule has 28 heavy (non-hydrogen) atoms. The Morgan fingerprint density at radius 2 is 2.00 bits per heavy atom. The minimum Gasteiger partial charge on any atom is -0.378 e. The highest BCUT2D eigenvalue weighted by molar-refractivity contribution is 5.95. The number of amides is 1. The van der Waals surface area contributed by atoms with Crippen molar-refractivity contribution in [3.63, 3.8) is 0 Å². The lowest BCUT2D eigenvalue weighted by Gasteiger charge is -2.37. The number of carbonyl (C=O) groups is 1. The second-order valence-electron chi connectivity index (χ2n) is 7.54. The molecule has 6 nitrogen and oxygen atoms in total. The molecular weight excluding hydrogens is 352 g/mol. The third kappa shape index (κ3) is 3.55. The SMILES string of the molecule is CCc1ccc2ncc(C#N)c(N3CCC(C(=O)N4CCOCC4)CC3)c2c1. The molecule has 0 unspecified atom stereocenters. The number of benzene rings is 1. The molecule has 2 aliphatic rings. The highest BCUT2D eigenvalue weighted by atomic mass is 16.5. The maximum atomic E-state index is 12.8. The smallest absolute Gasteiger partial charge is 0.225 e. The predicted molar refractivity (Wildman–Crippen MR) is 108 cm³/mol. The highest BCUT2D eigenvalue weighted by Gasteiger charge is 2.30. The van der Waals surface area contributed by atoms with E-state index in [1.165, 1.54) is 5.56 Å². The van der Waals surface area contributed by atoms with Gasteiger partial charge in [0, 0.05) is 43.7 Å². The second-order valence-corrected chi connectivity index (χ2v) is 7.54. The molecule has 1 aromatic carbocycles. The Morgan fingerprint density at radius 3 is 2.68 bits per heavy atom. The molecule has 146 valence electrons. The molecule has 1 amide bonds. The molecule has 2 saturated heterocycles. The molecule has 2 fully saturated rings. The van der Waals surface area contributed by atoms with Gasteiger partial charge in [-0.1, -0.05) is 13.0 Å². The Kier molecular flexibility index (Phi) is 5.45. The highest BCUT2D eigenvalue weighted by Crippen LogP contribution is 2.33. The maximum Gasteiger partial charge on any atom is 0.225 e. The van der Waals surface area contributed by atoms with E-state index in [1.54, 1.807) is 6.20 Å². The fourth-order valence-corrected chi connectivity index (χ4v) is 4.26. The Morgan fingerprint density at radius 1 is 1.25 bits per heavy atom. The predicted octanol–water partition coefficient (Wildman–Crippen LogP) is 2.74. The van der Waals surface area contributed by atoms with Crippen molar-refractivity contribution in [3.8, 4) is 6.07 Å². The standard InChI is InChI=1S/C22H26N4O2/c1-2-16-3-4-20-19(13-16)21(18(14-23)15-24-20)25-7-5-17(6-8-25)22(27)26-9-11-28-12-10-26/h3-4,13,15,17H,2,5-12H2,1H3. The van der Waals surface area contributed by atoms with E-state index in [2.05, 4.69) is 35.0 Å². The fraction of sp³-hybridized carbons (Fsp3) is 0.500. The lowest BCUT2D eigenvalue weighted by atomic mass is 9.93. The van der Waals surface area contributed by atoms with Gasteiger partial charge in [0.15, 0.2) is 0 Å². The van der Waals surface area contributed by atoms with Gasteiger partial charge >= 0.3 is 0 Å². The van der Waals surface area contributed by atoms with Gasteiger partial charge in [-0.25, -0.2) is 0 Å². The fourth-order valence-electron chi connectivity index (χ4n) is 4.26. The van der Waals surface area contributed by atoms with Crippen LogP contribution in [0.1, 0.15) is 30.9 Å². The summed E-state index contributed by atoms with van der Waals surface area (Å²) in [6.07, 6.45) is 4.26. The summed E-state index contributed by atoms with van der Waals surface area (Å²) in [6.45, 7) is 6.37. The van der Waals surface area contributed by atoms with Gasteiger partial charge in [0.25, 0.3) is 0 Å². The lowest BCUT2D eigenvalue weighted by Crippen LogP contribution is -2.47. The van der Waals surface area contributed by atoms with Crippen molar-refractivity contribution >= 4 is 22.5 Å². The first-order valence-corrected chi connectivity index (χ1v) is 10.1. The Bertz CT molecular complexity index is 907. The van der Waals surface area contributed by atoms with Crippen molar-refractivity contribution in [2.24, 2.45) is 5.92 Å². The van der Waals surface area contributed by atoms with Gasteiger partial charge in [0.05, 0.1) is 30.0 Å². The van der Waals surface area contributed by atoms with Gasteiger partial charge in [0.2, 0.25) is 5.91 Å².